The maximum Gasteiger partial charge on any atom is 0.325 e. The predicted molar refractivity (Wildman–Crippen MR) is 137 cm³/mol. The average Bonchev–Trinajstić information content (AvgIpc) is 3.38. The number of thioether (sulfide) groups is 1. The zero-order valence-corrected chi connectivity index (χ0v) is 21.0. The van der Waals surface area contributed by atoms with Crippen molar-refractivity contribution in [3.05, 3.63) is 76.3 Å². The van der Waals surface area contributed by atoms with Crippen LogP contribution in [0, 0.1) is 17.5 Å². The standard InChI is InChI=1S/C26H19F3N4O5S/c1-2-33-24(35)16-7-13(14-8-17(27)23(29)18(28)9-14)3-5-19(16)31-26(33)39-11-22(34)32-25(36)30-15-4-6-20-21(10-15)38-12-37-20/h3-10H,2,11-12H2,1H3,(H2,30,32,34,36). The minimum atomic E-state index is -1.58. The molecule has 0 atom stereocenters. The van der Waals surface area contributed by atoms with Gasteiger partial charge in [0.1, 0.15) is 0 Å². The van der Waals surface area contributed by atoms with Crippen LogP contribution < -0.4 is 25.7 Å². The van der Waals surface area contributed by atoms with Gasteiger partial charge >= 0.3 is 6.03 Å². The number of halogens is 3. The van der Waals surface area contributed by atoms with E-state index in [1.165, 1.54) is 22.8 Å². The fourth-order valence-corrected chi connectivity index (χ4v) is 4.78. The lowest BCUT2D eigenvalue weighted by Crippen LogP contribution is -2.35. The molecule has 0 fully saturated rings. The number of rotatable bonds is 6. The first-order chi connectivity index (χ1) is 18.7. The van der Waals surface area contributed by atoms with Crippen molar-refractivity contribution >= 4 is 40.3 Å². The van der Waals surface area contributed by atoms with Crippen molar-refractivity contribution < 1.29 is 32.2 Å². The van der Waals surface area contributed by atoms with Crippen molar-refractivity contribution in [1.82, 2.24) is 14.9 Å². The van der Waals surface area contributed by atoms with E-state index in [4.69, 9.17) is 9.47 Å². The summed E-state index contributed by atoms with van der Waals surface area (Å²) in [5.74, 6) is -4.07. The first kappa shape index (κ1) is 26.1. The van der Waals surface area contributed by atoms with Crippen LogP contribution in [0.15, 0.2) is 58.5 Å². The number of amides is 3. The predicted octanol–water partition coefficient (Wildman–Crippen LogP) is 4.67. The SMILES string of the molecule is CCn1c(SCC(=O)NC(=O)Nc2ccc3c(c2)OCO3)nc2ccc(-c3cc(F)c(F)c(F)c3)cc2c1=O. The van der Waals surface area contributed by atoms with Crippen LogP contribution in [0.2, 0.25) is 0 Å². The molecular formula is C26H19F3N4O5S. The Morgan fingerprint density at radius 3 is 2.49 bits per heavy atom. The van der Waals surface area contributed by atoms with Crippen LogP contribution in [0.5, 0.6) is 11.5 Å². The third-order valence-corrected chi connectivity index (χ3v) is 6.74. The summed E-state index contributed by atoms with van der Waals surface area (Å²) in [5, 5.41) is 5.16. The molecule has 0 aliphatic carbocycles. The zero-order valence-electron chi connectivity index (χ0n) is 20.2. The van der Waals surface area contributed by atoms with Gasteiger partial charge in [-0.15, -0.1) is 0 Å². The largest absolute Gasteiger partial charge is 0.454 e. The number of ether oxygens (including phenoxy) is 2. The highest BCUT2D eigenvalue weighted by molar-refractivity contribution is 7.99. The van der Waals surface area contributed by atoms with E-state index < -0.39 is 34.9 Å². The fraction of sp³-hybridized carbons (Fsp3) is 0.154. The fourth-order valence-electron chi connectivity index (χ4n) is 3.92. The van der Waals surface area contributed by atoms with Crippen LogP contribution in [0.3, 0.4) is 0 Å². The highest BCUT2D eigenvalue weighted by atomic mass is 32.2. The van der Waals surface area contributed by atoms with Gasteiger partial charge in [0.25, 0.3) is 5.56 Å². The molecule has 2 heterocycles. The van der Waals surface area contributed by atoms with Crippen molar-refractivity contribution in [2.45, 2.75) is 18.6 Å². The van der Waals surface area contributed by atoms with Gasteiger partial charge in [-0.3, -0.25) is 19.5 Å². The first-order valence-corrected chi connectivity index (χ1v) is 12.5. The number of imide groups is 1. The Morgan fingerprint density at radius 1 is 1.00 bits per heavy atom. The molecular weight excluding hydrogens is 537 g/mol. The Bertz CT molecular complexity index is 1670. The summed E-state index contributed by atoms with van der Waals surface area (Å²) in [6, 6.07) is 10.1. The number of benzene rings is 3. The van der Waals surface area contributed by atoms with Crippen LogP contribution in [-0.4, -0.2) is 34.0 Å². The lowest BCUT2D eigenvalue weighted by molar-refractivity contribution is -0.117. The van der Waals surface area contributed by atoms with E-state index >= 15 is 0 Å². The molecule has 2 N–H and O–H groups in total. The molecule has 0 spiro atoms. The van der Waals surface area contributed by atoms with E-state index in [-0.39, 0.29) is 35.2 Å². The van der Waals surface area contributed by atoms with E-state index in [2.05, 4.69) is 15.6 Å². The first-order valence-electron chi connectivity index (χ1n) is 11.6. The van der Waals surface area contributed by atoms with E-state index in [1.54, 1.807) is 25.1 Å². The molecule has 4 aromatic rings. The number of hydrogen-bond acceptors (Lipinski definition) is 7. The number of carbonyl (C=O) groups excluding carboxylic acids is 2. The van der Waals surface area contributed by atoms with Gasteiger partial charge in [-0.25, -0.2) is 22.9 Å². The average molecular weight is 557 g/mol. The lowest BCUT2D eigenvalue weighted by atomic mass is 10.0. The second-order valence-corrected chi connectivity index (χ2v) is 9.23. The van der Waals surface area contributed by atoms with Gasteiger partial charge in [0, 0.05) is 18.3 Å². The number of fused-ring (bicyclic) bond motifs is 2. The van der Waals surface area contributed by atoms with Gasteiger partial charge in [0.05, 0.1) is 16.7 Å². The maximum absolute atomic E-state index is 13.7. The Morgan fingerprint density at radius 2 is 1.74 bits per heavy atom. The zero-order chi connectivity index (χ0) is 27.7. The van der Waals surface area contributed by atoms with Crippen molar-refractivity contribution in [2.75, 3.05) is 17.9 Å². The van der Waals surface area contributed by atoms with Gasteiger partial charge in [0.15, 0.2) is 34.1 Å². The third kappa shape index (κ3) is 5.39. The Balaban J connectivity index is 1.30. The van der Waals surface area contributed by atoms with Gasteiger partial charge in [-0.2, -0.15) is 0 Å². The smallest absolute Gasteiger partial charge is 0.325 e. The van der Waals surface area contributed by atoms with E-state index in [9.17, 15) is 27.6 Å². The van der Waals surface area contributed by atoms with E-state index in [0.29, 0.717) is 28.3 Å². The van der Waals surface area contributed by atoms with Gasteiger partial charge in [-0.05, 0) is 54.4 Å². The van der Waals surface area contributed by atoms with Crippen LogP contribution >= 0.6 is 11.8 Å². The van der Waals surface area contributed by atoms with Crippen LogP contribution in [0.4, 0.5) is 23.7 Å². The Labute approximate surface area is 222 Å². The van der Waals surface area contributed by atoms with Crippen LogP contribution in [-0.2, 0) is 11.3 Å². The summed E-state index contributed by atoms with van der Waals surface area (Å²) < 4.78 is 52.6. The van der Waals surface area contributed by atoms with Crippen molar-refractivity contribution in [1.29, 1.82) is 0 Å². The summed E-state index contributed by atoms with van der Waals surface area (Å²) in [7, 11) is 0. The number of hydrogen-bond donors (Lipinski definition) is 2. The topological polar surface area (TPSA) is 112 Å². The molecule has 0 saturated heterocycles. The molecule has 5 rings (SSSR count). The quantitative estimate of drug-likeness (QED) is 0.202. The van der Waals surface area contributed by atoms with Crippen LogP contribution in [0.25, 0.3) is 22.0 Å². The van der Waals surface area contributed by atoms with Crippen molar-refractivity contribution in [3.8, 4) is 22.6 Å². The summed E-state index contributed by atoms with van der Waals surface area (Å²) in [6.45, 7) is 2.02. The number of carbonyl (C=O) groups is 2. The molecule has 1 aliphatic heterocycles. The molecule has 0 unspecified atom stereocenters. The summed E-state index contributed by atoms with van der Waals surface area (Å²) >= 11 is 0.962. The summed E-state index contributed by atoms with van der Waals surface area (Å²) in [6.07, 6.45) is 0. The summed E-state index contributed by atoms with van der Waals surface area (Å²) in [4.78, 5) is 42.3. The molecule has 3 aromatic carbocycles. The van der Waals surface area contributed by atoms with E-state index in [0.717, 1.165) is 23.9 Å². The number of nitrogens with one attached hydrogen (secondary N) is 2. The normalized spacial score (nSPS) is 12.0. The van der Waals surface area contributed by atoms with Gasteiger partial charge < -0.3 is 14.8 Å². The van der Waals surface area contributed by atoms with Gasteiger partial charge in [-0.1, -0.05) is 17.8 Å². The second-order valence-electron chi connectivity index (χ2n) is 8.29. The molecule has 1 aliphatic rings. The highest BCUT2D eigenvalue weighted by Crippen LogP contribution is 2.34. The third-order valence-electron chi connectivity index (χ3n) is 5.77. The second kappa shape index (κ2) is 10.7. The van der Waals surface area contributed by atoms with Crippen molar-refractivity contribution in [2.24, 2.45) is 0 Å². The molecule has 13 heteroatoms. The van der Waals surface area contributed by atoms with Crippen LogP contribution in [0.1, 0.15) is 6.92 Å². The Kier molecular flexibility index (Phi) is 7.15. The molecule has 39 heavy (non-hydrogen) atoms. The minimum absolute atomic E-state index is 0.0601. The van der Waals surface area contributed by atoms with E-state index in [1.807, 2.05) is 0 Å². The molecule has 0 radical (unpaired) electrons. The lowest BCUT2D eigenvalue weighted by Gasteiger charge is -2.12. The Hall–Kier alpha value is -4.52. The monoisotopic (exact) mass is 556 g/mol. The maximum atomic E-state index is 13.7. The molecule has 1 aromatic heterocycles. The number of anilines is 1. The molecule has 9 nitrogen and oxygen atoms in total. The van der Waals surface area contributed by atoms with Gasteiger partial charge in [0.2, 0.25) is 12.7 Å². The number of aromatic nitrogens is 2. The number of urea groups is 1. The highest BCUT2D eigenvalue weighted by Gasteiger charge is 2.18. The number of nitrogens with zero attached hydrogens (tertiary/aromatic N) is 2. The molecule has 3 amide bonds. The molecule has 200 valence electrons. The molecule has 0 saturated carbocycles. The summed E-state index contributed by atoms with van der Waals surface area (Å²) in [5.41, 5.74) is 0.620. The van der Waals surface area contributed by atoms with Crippen molar-refractivity contribution in [3.63, 3.8) is 0 Å². The minimum Gasteiger partial charge on any atom is -0.454 e. The molecule has 0 bridgehead atoms.